The summed E-state index contributed by atoms with van der Waals surface area (Å²) in [5, 5.41) is 20.5. The molecule has 3 N–H and O–H groups in total. The van der Waals surface area contributed by atoms with E-state index in [9.17, 15) is 9.59 Å². The van der Waals surface area contributed by atoms with Crippen LogP contribution in [0.4, 0.5) is 0 Å². The fraction of sp³-hybridized carbons (Fsp3) is 0.167. The molecule has 1 aromatic rings. The van der Waals surface area contributed by atoms with Gasteiger partial charge in [0.15, 0.2) is 5.78 Å². The van der Waals surface area contributed by atoms with Crippen molar-refractivity contribution in [1.82, 2.24) is 5.32 Å². The zero-order chi connectivity index (χ0) is 13.7. The van der Waals surface area contributed by atoms with E-state index < -0.39 is 13.0 Å². The molecule has 0 fully saturated rings. The summed E-state index contributed by atoms with van der Waals surface area (Å²) in [6, 6.07) is 6.49. The summed E-state index contributed by atoms with van der Waals surface area (Å²) in [4.78, 5) is 22.4. The third-order valence-electron chi connectivity index (χ3n) is 2.40. The highest BCUT2D eigenvalue weighted by Gasteiger charge is 2.13. The number of amides is 1. The zero-order valence-electron chi connectivity index (χ0n) is 10.0. The molecule has 0 aromatic heterocycles. The largest absolute Gasteiger partial charge is 0.488 e. The van der Waals surface area contributed by atoms with E-state index >= 15 is 0 Å². The molecule has 0 aliphatic heterocycles. The van der Waals surface area contributed by atoms with Crippen molar-refractivity contribution in [2.24, 2.45) is 0 Å². The Bertz CT molecular complexity index is 485. The van der Waals surface area contributed by atoms with Gasteiger partial charge in [-0.1, -0.05) is 30.8 Å². The van der Waals surface area contributed by atoms with E-state index in [1.165, 1.54) is 6.92 Å². The van der Waals surface area contributed by atoms with Crippen LogP contribution < -0.4 is 10.8 Å². The van der Waals surface area contributed by atoms with Crippen LogP contribution in [-0.2, 0) is 16.1 Å². The van der Waals surface area contributed by atoms with Gasteiger partial charge in [-0.2, -0.15) is 0 Å². The summed E-state index contributed by atoms with van der Waals surface area (Å²) < 4.78 is 0. The maximum Gasteiger partial charge on any atom is 0.488 e. The highest BCUT2D eigenvalue weighted by molar-refractivity contribution is 6.58. The molecule has 94 valence electrons. The van der Waals surface area contributed by atoms with Gasteiger partial charge in [0.25, 0.3) is 5.91 Å². The number of Topliss-reactive ketones (excluding diaryl/α,β-unsaturated/α-hetero) is 1. The molecular weight excluding hydrogens is 233 g/mol. The lowest BCUT2D eigenvalue weighted by atomic mass is 9.79. The van der Waals surface area contributed by atoms with Gasteiger partial charge in [0.1, 0.15) is 0 Å². The minimum absolute atomic E-state index is 0.103. The van der Waals surface area contributed by atoms with E-state index in [4.69, 9.17) is 10.0 Å². The molecule has 0 aliphatic rings. The molecule has 0 bridgehead atoms. The number of rotatable bonds is 5. The lowest BCUT2D eigenvalue weighted by Gasteiger charge is -2.07. The first-order valence-electron chi connectivity index (χ1n) is 5.35. The summed E-state index contributed by atoms with van der Waals surface area (Å²) in [7, 11) is -1.55. The Hall–Kier alpha value is -1.92. The van der Waals surface area contributed by atoms with Crippen LogP contribution in [0, 0.1) is 0 Å². The van der Waals surface area contributed by atoms with Gasteiger partial charge in [0.05, 0.1) is 5.57 Å². The van der Waals surface area contributed by atoms with Crippen LogP contribution in [0.1, 0.15) is 12.5 Å². The first kappa shape index (κ1) is 14.1. The minimum Gasteiger partial charge on any atom is -0.423 e. The van der Waals surface area contributed by atoms with Crippen LogP contribution in [0.15, 0.2) is 36.4 Å². The van der Waals surface area contributed by atoms with Crippen LogP contribution in [-0.4, -0.2) is 28.9 Å². The molecule has 0 aliphatic carbocycles. The molecule has 5 nitrogen and oxygen atoms in total. The maximum absolute atomic E-state index is 11.4. The Morgan fingerprint density at radius 3 is 2.61 bits per heavy atom. The lowest BCUT2D eigenvalue weighted by Crippen LogP contribution is -2.31. The van der Waals surface area contributed by atoms with E-state index in [2.05, 4.69) is 11.9 Å². The first-order chi connectivity index (χ1) is 8.41. The van der Waals surface area contributed by atoms with E-state index in [1.54, 1.807) is 24.3 Å². The molecule has 0 radical (unpaired) electrons. The van der Waals surface area contributed by atoms with Gasteiger partial charge in [-0.3, -0.25) is 9.59 Å². The number of carbonyl (C=O) groups excluding carboxylic acids is 2. The standard InChI is InChI=1S/C12H14BNO4/c1-8(9(2)15)12(16)14-7-10-4-3-5-11(6-10)13(17)18/h3-6,17-18H,1,7H2,2H3,(H,14,16). The summed E-state index contributed by atoms with van der Waals surface area (Å²) in [6.45, 7) is 4.83. The van der Waals surface area contributed by atoms with Crippen LogP contribution in [0.25, 0.3) is 0 Å². The molecule has 0 saturated heterocycles. The summed E-state index contributed by atoms with van der Waals surface area (Å²) in [6.07, 6.45) is 0. The van der Waals surface area contributed by atoms with Gasteiger partial charge >= 0.3 is 7.12 Å². The fourth-order valence-electron chi connectivity index (χ4n) is 1.31. The van der Waals surface area contributed by atoms with Crippen molar-refractivity contribution in [2.75, 3.05) is 0 Å². The van der Waals surface area contributed by atoms with Gasteiger partial charge in [-0.25, -0.2) is 0 Å². The Morgan fingerprint density at radius 2 is 2.06 bits per heavy atom. The molecule has 18 heavy (non-hydrogen) atoms. The van der Waals surface area contributed by atoms with Gasteiger partial charge in [0, 0.05) is 6.54 Å². The number of ketones is 1. The van der Waals surface area contributed by atoms with E-state index in [0.717, 1.165) is 0 Å². The first-order valence-corrected chi connectivity index (χ1v) is 5.35. The second-order valence-electron chi connectivity index (χ2n) is 3.84. The monoisotopic (exact) mass is 247 g/mol. The predicted octanol–water partition coefficient (Wildman–Crippen LogP) is -0.872. The van der Waals surface area contributed by atoms with Crippen molar-refractivity contribution < 1.29 is 19.6 Å². The fourth-order valence-corrected chi connectivity index (χ4v) is 1.31. The van der Waals surface area contributed by atoms with Crippen molar-refractivity contribution >= 4 is 24.3 Å². The van der Waals surface area contributed by atoms with Crippen LogP contribution in [0.3, 0.4) is 0 Å². The van der Waals surface area contributed by atoms with Gasteiger partial charge in [-0.15, -0.1) is 0 Å². The second kappa shape index (κ2) is 6.14. The van der Waals surface area contributed by atoms with Gasteiger partial charge < -0.3 is 15.4 Å². The Labute approximate surface area is 105 Å². The number of carbonyl (C=O) groups is 2. The average molecular weight is 247 g/mol. The predicted molar refractivity (Wildman–Crippen MR) is 67.9 cm³/mol. The lowest BCUT2D eigenvalue weighted by molar-refractivity contribution is -0.121. The number of hydrogen-bond donors (Lipinski definition) is 3. The van der Waals surface area contributed by atoms with Crippen LogP contribution >= 0.6 is 0 Å². The molecule has 1 amide bonds. The second-order valence-corrected chi connectivity index (χ2v) is 3.84. The van der Waals surface area contributed by atoms with E-state index in [-0.39, 0.29) is 17.9 Å². The summed E-state index contributed by atoms with van der Waals surface area (Å²) in [5.74, 6) is -0.913. The summed E-state index contributed by atoms with van der Waals surface area (Å²) in [5.41, 5.74) is 0.936. The molecule has 0 spiro atoms. The van der Waals surface area contributed by atoms with Crippen LogP contribution in [0.5, 0.6) is 0 Å². The third kappa shape index (κ3) is 3.83. The minimum atomic E-state index is -1.55. The smallest absolute Gasteiger partial charge is 0.423 e. The Balaban J connectivity index is 2.64. The maximum atomic E-state index is 11.4. The SMILES string of the molecule is C=C(C(C)=O)C(=O)NCc1cccc(B(O)O)c1. The number of nitrogens with one attached hydrogen (secondary N) is 1. The molecule has 0 saturated carbocycles. The van der Waals surface area contributed by atoms with Crippen molar-refractivity contribution in [3.05, 3.63) is 42.0 Å². The van der Waals surface area contributed by atoms with Gasteiger partial charge in [-0.05, 0) is 17.9 Å². The van der Waals surface area contributed by atoms with Gasteiger partial charge in [0.2, 0.25) is 0 Å². The van der Waals surface area contributed by atoms with Crippen molar-refractivity contribution in [1.29, 1.82) is 0 Å². The molecular formula is C12H14BNO4. The quantitative estimate of drug-likeness (QED) is 0.273. The molecule has 1 rings (SSSR count). The van der Waals surface area contributed by atoms with E-state index in [1.807, 2.05) is 0 Å². The molecule has 6 heteroatoms. The molecule has 0 atom stereocenters. The topological polar surface area (TPSA) is 86.6 Å². The highest BCUT2D eigenvalue weighted by Crippen LogP contribution is 1.98. The number of hydrogen-bond acceptors (Lipinski definition) is 4. The van der Waals surface area contributed by atoms with Crippen molar-refractivity contribution in [3.63, 3.8) is 0 Å². The zero-order valence-corrected chi connectivity index (χ0v) is 10.0. The van der Waals surface area contributed by atoms with E-state index in [0.29, 0.717) is 11.0 Å². The van der Waals surface area contributed by atoms with Crippen molar-refractivity contribution in [2.45, 2.75) is 13.5 Å². The normalized spacial score (nSPS) is 9.72. The van der Waals surface area contributed by atoms with Crippen LogP contribution in [0.2, 0.25) is 0 Å². The summed E-state index contributed by atoms with van der Waals surface area (Å²) >= 11 is 0. The molecule has 0 heterocycles. The Morgan fingerprint density at radius 1 is 1.39 bits per heavy atom. The third-order valence-corrected chi connectivity index (χ3v) is 2.40. The average Bonchev–Trinajstić information content (AvgIpc) is 2.35. The molecule has 1 aromatic carbocycles. The highest BCUT2D eigenvalue weighted by atomic mass is 16.4. The Kier molecular flexibility index (Phi) is 4.82. The molecule has 0 unspecified atom stereocenters. The van der Waals surface area contributed by atoms with Crippen molar-refractivity contribution in [3.8, 4) is 0 Å². The number of benzene rings is 1.